The first-order chi connectivity index (χ1) is 10.8. The summed E-state index contributed by atoms with van der Waals surface area (Å²) >= 11 is 0. The molecule has 2 aromatic carbocycles. The largest absolute Gasteiger partial charge is 2.00 e. The van der Waals surface area contributed by atoms with Gasteiger partial charge in [-0.25, -0.2) is 16.8 Å². The van der Waals surface area contributed by atoms with Crippen molar-refractivity contribution in [2.45, 2.75) is 37.5 Å². The summed E-state index contributed by atoms with van der Waals surface area (Å²) in [4.78, 5) is -0.323. The molecular formula is C16H18HgO6S2. The Bertz CT molecular complexity index is 871. The van der Waals surface area contributed by atoms with Gasteiger partial charge in [0.25, 0.3) is 0 Å². The van der Waals surface area contributed by atoms with Crippen molar-refractivity contribution in [3.63, 3.8) is 0 Å². The van der Waals surface area contributed by atoms with E-state index in [2.05, 4.69) is 0 Å². The third-order valence-corrected chi connectivity index (χ3v) is 5.20. The minimum atomic E-state index is -4.29. The standard InChI is InChI=1S/2C8H10O3S.Hg/c2*1-6-3-4-8(5-7(6)2)12(9,10)11;/h2*3-5H,1-2H3,(H,9,10,11);/q;;+2/p-2. The average Bonchev–Trinajstić information content (AvgIpc) is 2.43. The Kier molecular flexibility index (Phi) is 8.93. The molecule has 0 heterocycles. The summed E-state index contributed by atoms with van der Waals surface area (Å²) in [5, 5.41) is 0. The van der Waals surface area contributed by atoms with E-state index in [9.17, 15) is 25.9 Å². The summed E-state index contributed by atoms with van der Waals surface area (Å²) in [6.45, 7) is 7.25. The van der Waals surface area contributed by atoms with Crippen molar-refractivity contribution < 1.29 is 53.6 Å². The van der Waals surface area contributed by atoms with E-state index in [1.807, 2.05) is 13.8 Å². The fraction of sp³-hybridized carbons (Fsp3) is 0.250. The predicted molar refractivity (Wildman–Crippen MR) is 87.8 cm³/mol. The van der Waals surface area contributed by atoms with Gasteiger partial charge in [-0.2, -0.15) is 0 Å². The molecule has 0 saturated heterocycles. The molecule has 0 bridgehead atoms. The molecule has 0 aliphatic heterocycles. The summed E-state index contributed by atoms with van der Waals surface area (Å²) in [6, 6.07) is 8.67. The van der Waals surface area contributed by atoms with Crippen molar-refractivity contribution >= 4 is 20.2 Å². The molecule has 0 spiro atoms. The zero-order chi connectivity index (χ0) is 18.7. The van der Waals surface area contributed by atoms with E-state index in [0.717, 1.165) is 22.3 Å². The van der Waals surface area contributed by atoms with Crippen LogP contribution in [0.5, 0.6) is 0 Å². The summed E-state index contributed by atoms with van der Waals surface area (Å²) in [5.74, 6) is 0. The third kappa shape index (κ3) is 7.53. The van der Waals surface area contributed by atoms with Crippen molar-refractivity contribution in [1.29, 1.82) is 0 Å². The van der Waals surface area contributed by atoms with Gasteiger partial charge < -0.3 is 9.11 Å². The zero-order valence-electron chi connectivity index (χ0n) is 14.4. The van der Waals surface area contributed by atoms with Crippen molar-refractivity contribution in [2.75, 3.05) is 0 Å². The van der Waals surface area contributed by atoms with E-state index in [-0.39, 0.29) is 37.5 Å². The van der Waals surface area contributed by atoms with Crippen LogP contribution < -0.4 is 0 Å². The van der Waals surface area contributed by atoms with Crippen LogP contribution in [-0.4, -0.2) is 25.9 Å². The molecule has 25 heavy (non-hydrogen) atoms. The first-order valence-electron chi connectivity index (χ1n) is 6.88. The van der Waals surface area contributed by atoms with E-state index in [1.54, 1.807) is 26.0 Å². The van der Waals surface area contributed by atoms with E-state index in [1.165, 1.54) is 24.3 Å². The first kappa shape index (κ1) is 24.2. The van der Waals surface area contributed by atoms with Crippen LogP contribution in [0.2, 0.25) is 0 Å². The van der Waals surface area contributed by atoms with Crippen LogP contribution in [0.15, 0.2) is 46.2 Å². The van der Waals surface area contributed by atoms with Crippen LogP contribution in [0.25, 0.3) is 0 Å². The fourth-order valence-electron chi connectivity index (χ4n) is 1.74. The number of hydrogen-bond donors (Lipinski definition) is 0. The van der Waals surface area contributed by atoms with Gasteiger partial charge >= 0.3 is 27.7 Å². The van der Waals surface area contributed by atoms with Gasteiger partial charge in [0.1, 0.15) is 20.2 Å². The fourth-order valence-corrected chi connectivity index (χ4v) is 2.85. The molecule has 0 atom stereocenters. The second-order valence-corrected chi connectivity index (χ2v) is 8.16. The van der Waals surface area contributed by atoms with E-state index in [0.29, 0.717) is 0 Å². The number of aryl methyl sites for hydroxylation is 4. The maximum atomic E-state index is 10.5. The van der Waals surface area contributed by atoms with Crippen molar-refractivity contribution in [2.24, 2.45) is 0 Å². The number of hydrogen-bond acceptors (Lipinski definition) is 6. The van der Waals surface area contributed by atoms with Gasteiger partial charge in [-0.15, -0.1) is 0 Å². The molecule has 0 amide bonds. The maximum Gasteiger partial charge on any atom is 2.00 e. The summed E-state index contributed by atoms with van der Waals surface area (Å²) in [6.07, 6.45) is 0. The Hall–Kier alpha value is -0.805. The molecule has 0 radical (unpaired) electrons. The molecule has 9 heteroatoms. The smallest absolute Gasteiger partial charge is 0.744 e. The van der Waals surface area contributed by atoms with Crippen molar-refractivity contribution in [1.82, 2.24) is 0 Å². The van der Waals surface area contributed by atoms with Crippen LogP contribution in [0.3, 0.4) is 0 Å². The van der Waals surface area contributed by atoms with Crippen LogP contribution in [0, 0.1) is 27.7 Å². The van der Waals surface area contributed by atoms with Crippen molar-refractivity contribution in [3.8, 4) is 0 Å². The molecule has 0 aromatic heterocycles. The Morgan fingerprint density at radius 1 is 0.600 bits per heavy atom. The summed E-state index contributed by atoms with van der Waals surface area (Å²) in [7, 11) is -8.58. The molecule has 2 aromatic rings. The molecule has 0 aliphatic rings. The summed E-state index contributed by atoms with van der Waals surface area (Å²) < 4.78 is 63.2. The van der Waals surface area contributed by atoms with Gasteiger partial charge in [0.05, 0.1) is 9.79 Å². The monoisotopic (exact) mass is 572 g/mol. The Balaban J connectivity index is 0.000000443. The molecule has 0 unspecified atom stereocenters. The second-order valence-electron chi connectivity index (χ2n) is 5.40. The number of benzene rings is 2. The zero-order valence-corrected chi connectivity index (χ0v) is 21.6. The van der Waals surface area contributed by atoms with E-state index in [4.69, 9.17) is 0 Å². The van der Waals surface area contributed by atoms with Crippen LogP contribution in [0.1, 0.15) is 22.3 Å². The van der Waals surface area contributed by atoms with Gasteiger partial charge in [0.15, 0.2) is 0 Å². The minimum Gasteiger partial charge on any atom is -0.744 e. The molecule has 132 valence electrons. The minimum absolute atomic E-state index is 0. The predicted octanol–water partition coefficient (Wildman–Crippen LogP) is 2.41. The van der Waals surface area contributed by atoms with Gasteiger partial charge in [-0.05, 0) is 74.2 Å². The number of rotatable bonds is 2. The van der Waals surface area contributed by atoms with Crippen LogP contribution in [-0.2, 0) is 47.9 Å². The topological polar surface area (TPSA) is 114 Å². The Morgan fingerprint density at radius 3 is 1.08 bits per heavy atom. The van der Waals surface area contributed by atoms with Gasteiger partial charge in [0.2, 0.25) is 0 Å². The van der Waals surface area contributed by atoms with Crippen molar-refractivity contribution in [3.05, 3.63) is 58.7 Å². The molecule has 2 rings (SSSR count). The van der Waals surface area contributed by atoms with Gasteiger partial charge in [-0.3, -0.25) is 0 Å². The van der Waals surface area contributed by atoms with Gasteiger partial charge in [-0.1, -0.05) is 12.1 Å². The molecule has 6 nitrogen and oxygen atoms in total. The second kappa shape index (κ2) is 9.22. The maximum absolute atomic E-state index is 10.5. The van der Waals surface area contributed by atoms with E-state index < -0.39 is 20.2 Å². The molecular weight excluding hydrogens is 553 g/mol. The molecule has 0 aliphatic carbocycles. The first-order valence-corrected chi connectivity index (χ1v) is 9.70. The quantitative estimate of drug-likeness (QED) is 0.405. The normalized spacial score (nSPS) is 11.1. The van der Waals surface area contributed by atoms with E-state index >= 15 is 0 Å². The van der Waals surface area contributed by atoms with Crippen LogP contribution >= 0.6 is 0 Å². The third-order valence-electron chi connectivity index (χ3n) is 3.53. The SMILES string of the molecule is Cc1ccc(S(=O)(=O)[O-])cc1C.Cc1ccc(S(=O)(=O)[O-])cc1C.[Hg+2]. The van der Waals surface area contributed by atoms with Gasteiger partial charge in [0, 0.05) is 0 Å². The molecule has 0 fully saturated rings. The Labute approximate surface area is 169 Å². The van der Waals surface area contributed by atoms with Crippen LogP contribution in [0.4, 0.5) is 0 Å². The molecule has 0 saturated carbocycles. The Morgan fingerprint density at radius 2 is 0.880 bits per heavy atom. The molecule has 0 N–H and O–H groups in total. The average molecular weight is 571 g/mol. The summed E-state index contributed by atoms with van der Waals surface area (Å²) in [5.41, 5.74) is 3.57.